The van der Waals surface area contributed by atoms with Crippen LogP contribution in [0.5, 0.6) is 11.5 Å². The first-order valence-electron chi connectivity index (χ1n) is 10.7. The molecule has 0 aliphatic heterocycles. The predicted octanol–water partition coefficient (Wildman–Crippen LogP) is 6.43. The average molecular weight is 499 g/mol. The smallest absolute Gasteiger partial charge is 0.255 e. The lowest BCUT2D eigenvalue weighted by Gasteiger charge is -2.18. The molecule has 2 amide bonds. The molecule has 34 heavy (non-hydrogen) atoms. The molecule has 0 radical (unpaired) electrons. The second-order valence-corrected chi connectivity index (χ2v) is 9.22. The number of hydrogen-bond acceptors (Lipinski definition) is 5. The first kappa shape index (κ1) is 25.5. The van der Waals surface area contributed by atoms with Gasteiger partial charge in [-0.2, -0.15) is 0 Å². The summed E-state index contributed by atoms with van der Waals surface area (Å²) in [4.78, 5) is 26.4. The lowest BCUT2D eigenvalue weighted by molar-refractivity contribution is -0.115. The van der Waals surface area contributed by atoms with E-state index in [2.05, 4.69) is 10.6 Å². The normalized spacial score (nSPS) is 11.4. The molecule has 1 atom stereocenters. The first-order valence-corrected chi connectivity index (χ1v) is 12.0. The largest absolute Gasteiger partial charge is 0.495 e. The molecule has 6 nitrogen and oxygen atoms in total. The Morgan fingerprint density at radius 3 is 2.32 bits per heavy atom. The molecule has 178 valence electrons. The predicted molar refractivity (Wildman–Crippen MR) is 139 cm³/mol. The number of carbonyl (C=O) groups is 2. The zero-order valence-electron chi connectivity index (χ0n) is 19.5. The van der Waals surface area contributed by atoms with Gasteiger partial charge in [0.1, 0.15) is 11.5 Å². The lowest BCUT2D eigenvalue weighted by atomic mass is 10.1. The van der Waals surface area contributed by atoms with E-state index in [1.54, 1.807) is 24.3 Å². The SMILES string of the molecule is CCC(Sc1cccc(NC(=O)c2ccc(C)cc2)c1)C(=O)Nc1cc(Cl)c(OC)cc1OC. The number of aryl methyl sites for hydroxylation is 1. The minimum atomic E-state index is -0.367. The molecule has 2 N–H and O–H groups in total. The van der Waals surface area contributed by atoms with Crippen LogP contribution in [-0.4, -0.2) is 31.3 Å². The highest BCUT2D eigenvalue weighted by molar-refractivity contribution is 8.00. The van der Waals surface area contributed by atoms with Crippen molar-refractivity contribution >= 4 is 46.6 Å². The molecule has 3 aromatic rings. The summed E-state index contributed by atoms with van der Waals surface area (Å²) in [5, 5.41) is 5.82. The fraction of sp³-hybridized carbons (Fsp3) is 0.231. The number of hydrogen-bond donors (Lipinski definition) is 2. The van der Waals surface area contributed by atoms with Gasteiger partial charge in [0, 0.05) is 22.2 Å². The Morgan fingerprint density at radius 2 is 1.68 bits per heavy atom. The molecular formula is C26H27ClN2O4S. The summed E-state index contributed by atoms with van der Waals surface area (Å²) >= 11 is 7.64. The van der Waals surface area contributed by atoms with E-state index in [4.69, 9.17) is 21.1 Å². The Morgan fingerprint density at radius 1 is 0.971 bits per heavy atom. The van der Waals surface area contributed by atoms with Crippen LogP contribution in [-0.2, 0) is 4.79 Å². The number of ether oxygens (including phenoxy) is 2. The van der Waals surface area contributed by atoms with Crippen LogP contribution >= 0.6 is 23.4 Å². The Bertz CT molecular complexity index is 1170. The number of halogens is 1. The highest BCUT2D eigenvalue weighted by Gasteiger charge is 2.21. The third kappa shape index (κ3) is 6.46. The van der Waals surface area contributed by atoms with Crippen molar-refractivity contribution in [2.24, 2.45) is 0 Å². The van der Waals surface area contributed by atoms with Crippen molar-refractivity contribution in [3.05, 3.63) is 76.8 Å². The first-order chi connectivity index (χ1) is 16.3. The van der Waals surface area contributed by atoms with E-state index in [9.17, 15) is 9.59 Å². The summed E-state index contributed by atoms with van der Waals surface area (Å²) in [7, 11) is 3.03. The van der Waals surface area contributed by atoms with Gasteiger partial charge in [-0.1, -0.05) is 42.3 Å². The fourth-order valence-electron chi connectivity index (χ4n) is 3.21. The molecule has 0 bridgehead atoms. The molecule has 8 heteroatoms. The summed E-state index contributed by atoms with van der Waals surface area (Å²) in [6, 6.07) is 18.1. The summed E-state index contributed by atoms with van der Waals surface area (Å²) in [6.45, 7) is 3.92. The topological polar surface area (TPSA) is 76.7 Å². The van der Waals surface area contributed by atoms with Gasteiger partial charge in [0.15, 0.2) is 0 Å². The van der Waals surface area contributed by atoms with Gasteiger partial charge >= 0.3 is 0 Å². The van der Waals surface area contributed by atoms with E-state index in [0.29, 0.717) is 39.9 Å². The van der Waals surface area contributed by atoms with Crippen molar-refractivity contribution in [3.63, 3.8) is 0 Å². The van der Waals surface area contributed by atoms with Crippen LogP contribution in [0.15, 0.2) is 65.6 Å². The van der Waals surface area contributed by atoms with Gasteiger partial charge in [-0.25, -0.2) is 0 Å². The maximum Gasteiger partial charge on any atom is 0.255 e. The molecule has 0 fully saturated rings. The van der Waals surface area contributed by atoms with E-state index in [0.717, 1.165) is 10.5 Å². The van der Waals surface area contributed by atoms with Crippen LogP contribution in [0, 0.1) is 6.92 Å². The average Bonchev–Trinajstić information content (AvgIpc) is 2.83. The van der Waals surface area contributed by atoms with Crippen molar-refractivity contribution in [2.45, 2.75) is 30.4 Å². The lowest BCUT2D eigenvalue weighted by Crippen LogP contribution is -2.24. The van der Waals surface area contributed by atoms with E-state index < -0.39 is 0 Å². The van der Waals surface area contributed by atoms with Gasteiger partial charge in [-0.15, -0.1) is 11.8 Å². The van der Waals surface area contributed by atoms with Gasteiger partial charge in [-0.05, 0) is 49.7 Å². The van der Waals surface area contributed by atoms with Crippen LogP contribution in [0.1, 0.15) is 29.3 Å². The summed E-state index contributed by atoms with van der Waals surface area (Å²) < 4.78 is 10.6. The zero-order valence-corrected chi connectivity index (χ0v) is 21.0. The van der Waals surface area contributed by atoms with Gasteiger partial charge in [-0.3, -0.25) is 9.59 Å². The van der Waals surface area contributed by atoms with E-state index >= 15 is 0 Å². The highest BCUT2D eigenvalue weighted by Crippen LogP contribution is 2.37. The quantitative estimate of drug-likeness (QED) is 0.332. The molecule has 3 rings (SSSR count). The zero-order chi connectivity index (χ0) is 24.7. The van der Waals surface area contributed by atoms with Crippen LogP contribution in [0.2, 0.25) is 5.02 Å². The van der Waals surface area contributed by atoms with Gasteiger partial charge in [0.05, 0.1) is 30.2 Å². The molecular weight excluding hydrogens is 472 g/mol. The van der Waals surface area contributed by atoms with Crippen LogP contribution < -0.4 is 20.1 Å². The summed E-state index contributed by atoms with van der Waals surface area (Å²) in [5.74, 6) is 0.550. The highest BCUT2D eigenvalue weighted by atomic mass is 35.5. The molecule has 0 saturated heterocycles. The molecule has 0 aromatic heterocycles. The maximum absolute atomic E-state index is 13.0. The number of rotatable bonds is 9. The van der Waals surface area contributed by atoms with Crippen molar-refractivity contribution in [1.82, 2.24) is 0 Å². The van der Waals surface area contributed by atoms with E-state index in [1.807, 2.05) is 50.2 Å². The van der Waals surface area contributed by atoms with Crippen molar-refractivity contribution in [1.29, 1.82) is 0 Å². The standard InChI is InChI=1S/C26H27ClN2O4S/c1-5-24(26(31)29-21-14-20(27)22(32-3)15-23(21)33-4)34-19-8-6-7-18(13-19)28-25(30)17-11-9-16(2)10-12-17/h6-15,24H,5H2,1-4H3,(H,28,30)(H,29,31). The van der Waals surface area contributed by atoms with Crippen LogP contribution in [0.4, 0.5) is 11.4 Å². The third-order valence-electron chi connectivity index (χ3n) is 5.08. The minimum Gasteiger partial charge on any atom is -0.495 e. The molecule has 0 aliphatic rings. The Balaban J connectivity index is 1.70. The van der Waals surface area contributed by atoms with Crippen molar-refractivity contribution in [3.8, 4) is 11.5 Å². The second-order valence-electron chi connectivity index (χ2n) is 7.54. The van der Waals surface area contributed by atoms with Crippen molar-refractivity contribution in [2.75, 3.05) is 24.9 Å². The maximum atomic E-state index is 13.0. The Labute approximate surface area is 209 Å². The number of carbonyl (C=O) groups excluding carboxylic acids is 2. The van der Waals surface area contributed by atoms with Crippen molar-refractivity contribution < 1.29 is 19.1 Å². The molecule has 0 saturated carbocycles. The van der Waals surface area contributed by atoms with Crippen LogP contribution in [0.3, 0.4) is 0 Å². The number of anilines is 2. The number of nitrogens with one attached hydrogen (secondary N) is 2. The Hall–Kier alpha value is -3.16. The number of methoxy groups -OCH3 is 2. The molecule has 0 aliphatic carbocycles. The number of thioether (sulfide) groups is 1. The molecule has 0 spiro atoms. The molecule has 1 unspecified atom stereocenters. The second kappa shape index (κ2) is 11.8. The van der Waals surface area contributed by atoms with Gasteiger partial charge in [0.25, 0.3) is 5.91 Å². The third-order valence-corrected chi connectivity index (χ3v) is 6.73. The van der Waals surface area contributed by atoms with Gasteiger partial charge < -0.3 is 20.1 Å². The van der Waals surface area contributed by atoms with Crippen LogP contribution in [0.25, 0.3) is 0 Å². The number of amides is 2. The Kier molecular flexibility index (Phi) is 8.85. The summed E-state index contributed by atoms with van der Waals surface area (Å²) in [6.07, 6.45) is 0.600. The van der Waals surface area contributed by atoms with E-state index in [1.165, 1.54) is 26.0 Å². The monoisotopic (exact) mass is 498 g/mol. The summed E-state index contributed by atoms with van der Waals surface area (Å²) in [5.41, 5.74) is 2.81. The number of benzene rings is 3. The van der Waals surface area contributed by atoms with Gasteiger partial charge in [0.2, 0.25) is 5.91 Å². The molecule has 0 heterocycles. The molecule has 3 aromatic carbocycles. The fourth-order valence-corrected chi connectivity index (χ4v) is 4.47. The van der Waals surface area contributed by atoms with E-state index in [-0.39, 0.29) is 17.1 Å². The minimum absolute atomic E-state index is 0.180.